The molecular weight excluding hydrogens is 241 g/mol. The smallest absolute Gasteiger partial charge is 0.435 e. The summed E-state index contributed by atoms with van der Waals surface area (Å²) in [7, 11) is 0. The van der Waals surface area contributed by atoms with E-state index in [9.17, 15) is 22.8 Å². The van der Waals surface area contributed by atoms with Gasteiger partial charge in [0, 0.05) is 6.42 Å². The van der Waals surface area contributed by atoms with E-state index in [1.54, 1.807) is 0 Å². The van der Waals surface area contributed by atoms with Crippen molar-refractivity contribution < 1.29 is 27.9 Å². The van der Waals surface area contributed by atoms with Crippen molar-refractivity contribution in [3.63, 3.8) is 0 Å². The molecule has 0 aromatic carbocycles. The van der Waals surface area contributed by atoms with Gasteiger partial charge in [-0.05, 0) is 6.42 Å². The zero-order valence-corrected chi connectivity index (χ0v) is 8.41. The van der Waals surface area contributed by atoms with Crippen molar-refractivity contribution in [3.05, 3.63) is 17.0 Å². The Labute approximate surface area is 92.8 Å². The monoisotopic (exact) mass is 248 g/mol. The molecular formula is C9H7F3N2O3. The van der Waals surface area contributed by atoms with E-state index >= 15 is 0 Å². The Morgan fingerprint density at radius 1 is 1.41 bits per heavy atom. The fourth-order valence-corrected chi connectivity index (χ4v) is 1.86. The minimum Gasteiger partial charge on any atom is -0.480 e. The first kappa shape index (κ1) is 11.6. The van der Waals surface area contributed by atoms with Crippen LogP contribution in [0.3, 0.4) is 0 Å². The van der Waals surface area contributed by atoms with Crippen LogP contribution in [0, 0.1) is 0 Å². The summed E-state index contributed by atoms with van der Waals surface area (Å²) < 4.78 is 38.5. The number of carbonyl (C=O) groups excluding carboxylic acids is 1. The number of carboxylic acid groups (broad SMARTS) is 1. The third-order valence-corrected chi connectivity index (χ3v) is 2.48. The molecule has 0 aliphatic heterocycles. The first-order valence-electron chi connectivity index (χ1n) is 4.72. The normalized spacial score (nSPS) is 15.1. The predicted molar refractivity (Wildman–Crippen MR) is 47.5 cm³/mol. The fourth-order valence-electron chi connectivity index (χ4n) is 1.86. The highest BCUT2D eigenvalue weighted by molar-refractivity contribution is 6.01. The largest absolute Gasteiger partial charge is 0.480 e. The number of alkyl halides is 3. The van der Waals surface area contributed by atoms with Crippen LogP contribution < -0.4 is 0 Å². The lowest BCUT2D eigenvalue weighted by atomic mass is 10.2. The van der Waals surface area contributed by atoms with Crippen molar-refractivity contribution in [1.82, 2.24) is 9.78 Å². The number of Topliss-reactive ketones (excluding diaryl/α,β-unsaturated/α-hetero) is 1. The van der Waals surface area contributed by atoms with E-state index in [2.05, 4.69) is 5.10 Å². The SMILES string of the molecule is O=C(O)Cn1nc(C(F)(F)F)c2c1CCC2=O. The highest BCUT2D eigenvalue weighted by Gasteiger charge is 2.43. The summed E-state index contributed by atoms with van der Waals surface area (Å²) in [6.07, 6.45) is -4.67. The Bertz CT molecular complexity index is 504. The maximum absolute atomic E-state index is 12.6. The number of hydrogen-bond acceptors (Lipinski definition) is 3. The van der Waals surface area contributed by atoms with E-state index in [1.807, 2.05) is 0 Å². The first-order chi connectivity index (χ1) is 7.80. The number of rotatable bonds is 2. The molecule has 1 aliphatic rings. The maximum Gasteiger partial charge on any atom is 0.435 e. The summed E-state index contributed by atoms with van der Waals surface area (Å²) in [5.41, 5.74) is -1.69. The quantitative estimate of drug-likeness (QED) is 0.851. The third-order valence-electron chi connectivity index (χ3n) is 2.48. The molecule has 0 saturated carbocycles. The van der Waals surface area contributed by atoms with E-state index in [0.717, 1.165) is 4.68 Å². The number of hydrogen-bond donors (Lipinski definition) is 1. The molecule has 8 heteroatoms. The summed E-state index contributed by atoms with van der Waals surface area (Å²) >= 11 is 0. The van der Waals surface area contributed by atoms with E-state index in [1.165, 1.54) is 0 Å². The Hall–Kier alpha value is -1.86. The summed E-state index contributed by atoms with van der Waals surface area (Å²) in [5, 5.41) is 11.7. The summed E-state index contributed by atoms with van der Waals surface area (Å²) in [4.78, 5) is 21.8. The van der Waals surface area contributed by atoms with E-state index < -0.39 is 35.7 Å². The van der Waals surface area contributed by atoms with Crippen LogP contribution in [-0.2, 0) is 23.9 Å². The van der Waals surface area contributed by atoms with Crippen molar-refractivity contribution in [2.24, 2.45) is 0 Å². The minimum absolute atomic E-state index is 0.0319. The van der Waals surface area contributed by atoms with Crippen molar-refractivity contribution in [1.29, 1.82) is 0 Å². The number of aromatic nitrogens is 2. The lowest BCUT2D eigenvalue weighted by Gasteiger charge is -2.03. The molecule has 2 rings (SSSR count). The summed E-state index contributed by atoms with van der Waals surface area (Å²) in [5.74, 6) is -1.94. The number of carbonyl (C=O) groups is 2. The lowest BCUT2D eigenvalue weighted by Crippen LogP contribution is -2.15. The zero-order chi connectivity index (χ0) is 12.8. The number of fused-ring (bicyclic) bond motifs is 1. The van der Waals surface area contributed by atoms with Gasteiger partial charge < -0.3 is 5.11 Å². The molecule has 0 atom stereocenters. The molecule has 0 fully saturated rings. The van der Waals surface area contributed by atoms with Gasteiger partial charge in [-0.15, -0.1) is 0 Å². The van der Waals surface area contributed by atoms with Gasteiger partial charge in [-0.1, -0.05) is 0 Å². The van der Waals surface area contributed by atoms with Crippen LogP contribution in [0.5, 0.6) is 0 Å². The van der Waals surface area contributed by atoms with Crippen LogP contribution in [0.4, 0.5) is 13.2 Å². The topological polar surface area (TPSA) is 72.2 Å². The molecule has 0 amide bonds. The number of halogens is 3. The molecule has 17 heavy (non-hydrogen) atoms. The van der Waals surface area contributed by atoms with E-state index in [-0.39, 0.29) is 18.5 Å². The number of ketones is 1. The molecule has 5 nitrogen and oxygen atoms in total. The molecule has 1 heterocycles. The van der Waals surface area contributed by atoms with Crippen LogP contribution in [0.1, 0.15) is 28.2 Å². The van der Waals surface area contributed by atoms with Gasteiger partial charge in [-0.25, -0.2) is 0 Å². The maximum atomic E-state index is 12.6. The van der Waals surface area contributed by atoms with Crippen LogP contribution in [0.15, 0.2) is 0 Å². The Balaban J connectivity index is 2.55. The molecule has 1 aliphatic carbocycles. The van der Waals surface area contributed by atoms with Gasteiger partial charge >= 0.3 is 12.1 Å². The molecule has 0 spiro atoms. The van der Waals surface area contributed by atoms with Gasteiger partial charge in [0.15, 0.2) is 11.5 Å². The minimum atomic E-state index is -4.74. The average Bonchev–Trinajstić information content (AvgIpc) is 2.67. The van der Waals surface area contributed by atoms with Gasteiger partial charge in [-0.2, -0.15) is 18.3 Å². The van der Waals surface area contributed by atoms with Crippen molar-refractivity contribution in [3.8, 4) is 0 Å². The van der Waals surface area contributed by atoms with Gasteiger partial charge in [0.1, 0.15) is 6.54 Å². The van der Waals surface area contributed by atoms with Crippen molar-refractivity contribution >= 4 is 11.8 Å². The molecule has 1 aromatic rings. The molecule has 1 aromatic heterocycles. The second-order valence-electron chi connectivity index (χ2n) is 3.64. The van der Waals surface area contributed by atoms with Crippen LogP contribution >= 0.6 is 0 Å². The average molecular weight is 248 g/mol. The van der Waals surface area contributed by atoms with Crippen molar-refractivity contribution in [2.45, 2.75) is 25.6 Å². The molecule has 0 bridgehead atoms. The van der Waals surface area contributed by atoms with Crippen LogP contribution in [0.2, 0.25) is 0 Å². The molecule has 0 unspecified atom stereocenters. The number of carboxylic acids is 1. The van der Waals surface area contributed by atoms with Gasteiger partial charge in [0.05, 0.1) is 11.3 Å². The number of aliphatic carboxylic acids is 1. The predicted octanol–water partition coefficient (Wildman–Crippen LogP) is 1.12. The highest BCUT2D eigenvalue weighted by atomic mass is 19.4. The first-order valence-corrected chi connectivity index (χ1v) is 4.72. The molecule has 0 saturated heterocycles. The second kappa shape index (κ2) is 3.57. The van der Waals surface area contributed by atoms with Crippen molar-refractivity contribution in [2.75, 3.05) is 0 Å². The third kappa shape index (κ3) is 1.90. The van der Waals surface area contributed by atoms with Gasteiger partial charge in [0.25, 0.3) is 0 Å². The van der Waals surface area contributed by atoms with Crippen LogP contribution in [0.25, 0.3) is 0 Å². The Kier molecular flexibility index (Phi) is 2.44. The van der Waals surface area contributed by atoms with E-state index in [0.29, 0.717) is 0 Å². The lowest BCUT2D eigenvalue weighted by molar-refractivity contribution is -0.143. The van der Waals surface area contributed by atoms with Gasteiger partial charge in [0.2, 0.25) is 0 Å². The Morgan fingerprint density at radius 3 is 2.59 bits per heavy atom. The van der Waals surface area contributed by atoms with Crippen LogP contribution in [-0.4, -0.2) is 26.6 Å². The summed E-state index contributed by atoms with van der Waals surface area (Å²) in [6, 6.07) is 0. The Morgan fingerprint density at radius 2 is 2.06 bits per heavy atom. The second-order valence-corrected chi connectivity index (χ2v) is 3.64. The van der Waals surface area contributed by atoms with E-state index in [4.69, 9.17) is 5.11 Å². The summed E-state index contributed by atoms with van der Waals surface area (Å²) in [6.45, 7) is -0.675. The molecule has 0 radical (unpaired) electrons. The standard InChI is InChI=1S/C9H7F3N2O3/c10-9(11,12)8-7-4(1-2-5(7)15)14(13-8)3-6(16)17/h1-3H2,(H,16,17). The van der Waals surface area contributed by atoms with Gasteiger partial charge in [-0.3, -0.25) is 14.3 Å². The fraction of sp³-hybridized carbons (Fsp3) is 0.444. The highest BCUT2D eigenvalue weighted by Crippen LogP contribution is 2.36. The molecule has 92 valence electrons. The molecule has 1 N–H and O–H groups in total. The zero-order valence-electron chi connectivity index (χ0n) is 8.41. The number of nitrogens with zero attached hydrogens (tertiary/aromatic N) is 2.